The molecule has 0 aliphatic rings. The SMILES string of the molecule is CC(=O)C(N)=NC(N)=S. The number of nitrogens with zero attached hydrogens (tertiary/aromatic N) is 1. The number of hydrogen-bond donors (Lipinski definition) is 2. The Morgan fingerprint density at radius 1 is 1.56 bits per heavy atom. The Labute approximate surface area is 57.9 Å². The Bertz CT molecular complexity index is 175. The molecule has 9 heavy (non-hydrogen) atoms. The highest BCUT2D eigenvalue weighted by atomic mass is 32.1. The highest BCUT2D eigenvalue weighted by Gasteiger charge is 1.97. The average Bonchev–Trinajstić information content (AvgIpc) is 1.63. The minimum absolute atomic E-state index is 0.122. The van der Waals surface area contributed by atoms with Crippen molar-refractivity contribution in [3.05, 3.63) is 0 Å². The zero-order valence-electron chi connectivity index (χ0n) is 4.92. The van der Waals surface area contributed by atoms with E-state index in [2.05, 4.69) is 17.2 Å². The molecule has 0 unspecified atom stereocenters. The summed E-state index contributed by atoms with van der Waals surface area (Å²) in [5.74, 6) is -0.481. The van der Waals surface area contributed by atoms with Crippen molar-refractivity contribution in [2.75, 3.05) is 0 Å². The van der Waals surface area contributed by atoms with Crippen molar-refractivity contribution >= 4 is 28.9 Å². The molecule has 0 fully saturated rings. The quantitative estimate of drug-likeness (QED) is 0.287. The molecule has 0 bridgehead atoms. The molecule has 0 aromatic carbocycles. The van der Waals surface area contributed by atoms with Gasteiger partial charge in [0.25, 0.3) is 0 Å². The van der Waals surface area contributed by atoms with Crippen LogP contribution in [0, 0.1) is 0 Å². The highest BCUT2D eigenvalue weighted by molar-refractivity contribution is 7.80. The van der Waals surface area contributed by atoms with Crippen molar-refractivity contribution in [3.8, 4) is 0 Å². The third-order valence-corrected chi connectivity index (χ3v) is 0.683. The lowest BCUT2D eigenvalue weighted by atomic mass is 10.4. The van der Waals surface area contributed by atoms with E-state index in [1.807, 2.05) is 0 Å². The van der Waals surface area contributed by atoms with E-state index >= 15 is 0 Å². The largest absolute Gasteiger partial charge is 0.381 e. The van der Waals surface area contributed by atoms with Crippen molar-refractivity contribution in [2.45, 2.75) is 6.92 Å². The summed E-state index contributed by atoms with van der Waals surface area (Å²) in [6.45, 7) is 1.29. The monoisotopic (exact) mass is 145 g/mol. The maximum absolute atomic E-state index is 10.3. The molecule has 0 saturated carbocycles. The van der Waals surface area contributed by atoms with Crippen molar-refractivity contribution in [1.82, 2.24) is 0 Å². The van der Waals surface area contributed by atoms with Crippen molar-refractivity contribution < 1.29 is 4.79 Å². The van der Waals surface area contributed by atoms with Crippen molar-refractivity contribution in [3.63, 3.8) is 0 Å². The Hall–Kier alpha value is -0.970. The predicted molar refractivity (Wildman–Crippen MR) is 39.1 cm³/mol. The fourth-order valence-corrected chi connectivity index (χ4v) is 0.296. The lowest BCUT2D eigenvalue weighted by Gasteiger charge is -1.89. The second kappa shape index (κ2) is 3.13. The Morgan fingerprint density at radius 3 is 2.11 bits per heavy atom. The summed E-state index contributed by atoms with van der Waals surface area (Å²) in [7, 11) is 0. The van der Waals surface area contributed by atoms with Gasteiger partial charge in [-0.25, -0.2) is 0 Å². The molecular weight excluding hydrogens is 138 g/mol. The number of ketones is 1. The van der Waals surface area contributed by atoms with Gasteiger partial charge in [0.15, 0.2) is 16.7 Å². The maximum atomic E-state index is 10.3. The van der Waals surface area contributed by atoms with Crippen LogP contribution in [0.2, 0.25) is 0 Å². The molecule has 0 aromatic heterocycles. The molecule has 5 heteroatoms. The van der Waals surface area contributed by atoms with Gasteiger partial charge in [-0.3, -0.25) is 4.79 Å². The van der Waals surface area contributed by atoms with E-state index in [9.17, 15) is 4.79 Å². The third-order valence-electron chi connectivity index (χ3n) is 0.591. The van der Waals surface area contributed by atoms with Gasteiger partial charge in [-0.1, -0.05) is 0 Å². The standard InChI is InChI=1S/C4H7N3OS/c1-2(8)3(5)7-4(6)9/h1H3,(H4,5,6,7,9). The molecule has 50 valence electrons. The van der Waals surface area contributed by atoms with Crippen LogP contribution in [-0.4, -0.2) is 16.7 Å². The van der Waals surface area contributed by atoms with Gasteiger partial charge in [0.2, 0.25) is 0 Å². The van der Waals surface area contributed by atoms with Gasteiger partial charge in [0.1, 0.15) is 0 Å². The number of Topliss-reactive ketones (excluding diaryl/α,β-unsaturated/α-hetero) is 1. The summed E-state index contributed by atoms with van der Waals surface area (Å²) < 4.78 is 0. The number of amidine groups is 1. The number of thiocarbonyl (C=S) groups is 1. The molecule has 0 amide bonds. The molecule has 0 rings (SSSR count). The van der Waals surface area contributed by atoms with E-state index in [0.717, 1.165) is 0 Å². The van der Waals surface area contributed by atoms with Crippen LogP contribution in [0.15, 0.2) is 4.99 Å². The van der Waals surface area contributed by atoms with Crippen molar-refractivity contribution in [2.24, 2.45) is 16.5 Å². The number of rotatable bonds is 1. The molecule has 0 heterocycles. The predicted octanol–water partition coefficient (Wildman–Crippen LogP) is -0.824. The van der Waals surface area contributed by atoms with E-state index in [1.54, 1.807) is 0 Å². The summed E-state index contributed by atoms with van der Waals surface area (Å²) in [6, 6.07) is 0. The second-order valence-corrected chi connectivity index (χ2v) is 1.81. The molecule has 4 nitrogen and oxygen atoms in total. The molecule has 0 aromatic rings. The average molecular weight is 145 g/mol. The van der Waals surface area contributed by atoms with Gasteiger partial charge in [0, 0.05) is 6.92 Å². The topological polar surface area (TPSA) is 81.5 Å². The first-order chi connectivity index (χ1) is 4.04. The summed E-state index contributed by atoms with van der Waals surface area (Å²) in [4.78, 5) is 13.6. The zero-order chi connectivity index (χ0) is 7.44. The smallest absolute Gasteiger partial charge is 0.194 e. The summed E-state index contributed by atoms with van der Waals surface area (Å²) in [6.07, 6.45) is 0. The zero-order valence-corrected chi connectivity index (χ0v) is 5.73. The van der Waals surface area contributed by atoms with Crippen LogP contribution in [-0.2, 0) is 4.79 Å². The minimum Gasteiger partial charge on any atom is -0.381 e. The Kier molecular flexibility index (Phi) is 2.80. The Morgan fingerprint density at radius 2 is 2.00 bits per heavy atom. The molecule has 0 spiro atoms. The first-order valence-electron chi connectivity index (χ1n) is 2.18. The van der Waals surface area contributed by atoms with E-state index < -0.39 is 0 Å². The van der Waals surface area contributed by atoms with Crippen LogP contribution in [0.4, 0.5) is 0 Å². The molecule has 0 atom stereocenters. The molecule has 0 aliphatic heterocycles. The number of carbonyl (C=O) groups is 1. The second-order valence-electron chi connectivity index (χ2n) is 1.39. The van der Waals surface area contributed by atoms with Crippen LogP contribution < -0.4 is 11.5 Å². The lowest BCUT2D eigenvalue weighted by Crippen LogP contribution is -2.23. The first kappa shape index (κ1) is 8.03. The first-order valence-corrected chi connectivity index (χ1v) is 2.59. The number of nitrogens with two attached hydrogens (primary N) is 2. The summed E-state index contributed by atoms with van der Waals surface area (Å²) >= 11 is 4.35. The number of carbonyl (C=O) groups excluding carboxylic acids is 1. The number of aliphatic imine (C=N–C) groups is 1. The van der Waals surface area contributed by atoms with Crippen LogP contribution in [0.25, 0.3) is 0 Å². The van der Waals surface area contributed by atoms with Gasteiger partial charge >= 0.3 is 0 Å². The van der Waals surface area contributed by atoms with Gasteiger partial charge in [-0.2, -0.15) is 4.99 Å². The van der Waals surface area contributed by atoms with Crippen LogP contribution >= 0.6 is 12.2 Å². The molecular formula is C4H7N3OS. The van der Waals surface area contributed by atoms with E-state index in [0.29, 0.717) is 0 Å². The normalized spacial score (nSPS) is 11.0. The molecule has 4 N–H and O–H groups in total. The van der Waals surface area contributed by atoms with Crippen LogP contribution in [0.1, 0.15) is 6.92 Å². The van der Waals surface area contributed by atoms with Gasteiger partial charge in [-0.15, -0.1) is 0 Å². The summed E-state index contributed by atoms with van der Waals surface area (Å²) in [5.41, 5.74) is 9.99. The van der Waals surface area contributed by atoms with E-state index in [-0.39, 0.29) is 16.7 Å². The van der Waals surface area contributed by atoms with Crippen LogP contribution in [0.3, 0.4) is 0 Å². The molecule has 0 aliphatic carbocycles. The van der Waals surface area contributed by atoms with E-state index in [4.69, 9.17) is 11.5 Å². The maximum Gasteiger partial charge on any atom is 0.194 e. The lowest BCUT2D eigenvalue weighted by molar-refractivity contribution is -0.111. The van der Waals surface area contributed by atoms with Crippen molar-refractivity contribution in [1.29, 1.82) is 0 Å². The number of hydrogen-bond acceptors (Lipinski definition) is 2. The molecule has 0 saturated heterocycles. The minimum atomic E-state index is -0.331. The highest BCUT2D eigenvalue weighted by Crippen LogP contribution is 1.73. The molecule has 0 radical (unpaired) electrons. The fraction of sp³-hybridized carbons (Fsp3) is 0.250. The Balaban J connectivity index is 4.17. The van der Waals surface area contributed by atoms with Crippen LogP contribution in [0.5, 0.6) is 0 Å². The van der Waals surface area contributed by atoms with Gasteiger partial charge in [-0.05, 0) is 12.2 Å². The summed E-state index contributed by atoms with van der Waals surface area (Å²) in [5, 5.41) is -0.122. The van der Waals surface area contributed by atoms with Gasteiger partial charge in [0.05, 0.1) is 0 Å². The third kappa shape index (κ3) is 3.60. The van der Waals surface area contributed by atoms with E-state index in [1.165, 1.54) is 6.92 Å². The fourth-order valence-electron chi connectivity index (χ4n) is 0.197. The van der Waals surface area contributed by atoms with Gasteiger partial charge < -0.3 is 11.5 Å².